The van der Waals surface area contributed by atoms with Gasteiger partial charge >= 0.3 is 0 Å². The molecule has 1 aliphatic heterocycles. The lowest BCUT2D eigenvalue weighted by Crippen LogP contribution is -2.25. The molecule has 102 valence electrons. The topological polar surface area (TPSA) is 21.1 Å². The van der Waals surface area contributed by atoms with E-state index >= 15 is 0 Å². The number of likely N-dealkylation sites (tertiary alicyclic amines) is 1. The van der Waals surface area contributed by atoms with Gasteiger partial charge in [0.1, 0.15) is 0 Å². The first-order chi connectivity index (χ1) is 8.76. The first-order valence-electron chi connectivity index (χ1n) is 7.22. The highest BCUT2D eigenvalue weighted by atomic mass is 79.9. The molecule has 0 bridgehead atoms. The van der Waals surface area contributed by atoms with Crippen LogP contribution in [0.1, 0.15) is 50.9 Å². The van der Waals surface area contributed by atoms with Crippen molar-refractivity contribution in [1.82, 2.24) is 14.7 Å². The number of hydrogen-bond acceptors (Lipinski definition) is 2. The molecule has 0 aliphatic carbocycles. The minimum absolute atomic E-state index is 0.960. The van der Waals surface area contributed by atoms with Crippen molar-refractivity contribution in [2.75, 3.05) is 13.1 Å². The van der Waals surface area contributed by atoms with Gasteiger partial charge in [0.25, 0.3) is 0 Å². The molecule has 3 nitrogen and oxygen atoms in total. The van der Waals surface area contributed by atoms with E-state index in [4.69, 9.17) is 0 Å². The molecule has 0 atom stereocenters. The molecule has 0 radical (unpaired) electrons. The predicted molar refractivity (Wildman–Crippen MR) is 78.7 cm³/mol. The zero-order valence-corrected chi connectivity index (χ0v) is 13.2. The van der Waals surface area contributed by atoms with Crippen LogP contribution in [0.2, 0.25) is 0 Å². The summed E-state index contributed by atoms with van der Waals surface area (Å²) in [6, 6.07) is 0. The van der Waals surface area contributed by atoms with Gasteiger partial charge in [0, 0.05) is 13.1 Å². The van der Waals surface area contributed by atoms with E-state index in [-0.39, 0.29) is 0 Å². The van der Waals surface area contributed by atoms with Crippen molar-refractivity contribution in [2.45, 2.75) is 59.0 Å². The van der Waals surface area contributed by atoms with E-state index in [1.807, 2.05) is 0 Å². The molecular weight excluding hydrogens is 290 g/mol. The zero-order valence-electron chi connectivity index (χ0n) is 11.6. The van der Waals surface area contributed by atoms with Gasteiger partial charge in [0.2, 0.25) is 0 Å². The Balaban J connectivity index is 2.13. The summed E-state index contributed by atoms with van der Waals surface area (Å²) in [6.45, 7) is 8.82. The highest BCUT2D eigenvalue weighted by Crippen LogP contribution is 2.24. The molecule has 0 saturated carbocycles. The van der Waals surface area contributed by atoms with Crippen molar-refractivity contribution in [1.29, 1.82) is 0 Å². The Hall–Kier alpha value is -0.350. The van der Waals surface area contributed by atoms with E-state index in [9.17, 15) is 0 Å². The van der Waals surface area contributed by atoms with Crippen molar-refractivity contribution in [3.05, 3.63) is 15.9 Å². The molecule has 0 unspecified atom stereocenters. The summed E-state index contributed by atoms with van der Waals surface area (Å²) in [5.74, 6) is 0. The van der Waals surface area contributed by atoms with Gasteiger partial charge in [0.15, 0.2) is 0 Å². The highest BCUT2D eigenvalue weighted by Gasteiger charge is 2.17. The molecule has 0 amide bonds. The number of aryl methyl sites for hydroxylation is 2. The Bertz CT molecular complexity index is 379. The third kappa shape index (κ3) is 3.15. The average Bonchev–Trinajstić information content (AvgIpc) is 2.58. The van der Waals surface area contributed by atoms with E-state index in [1.165, 1.54) is 54.6 Å². The summed E-state index contributed by atoms with van der Waals surface area (Å²) in [7, 11) is 0. The van der Waals surface area contributed by atoms with Crippen LogP contribution in [0.3, 0.4) is 0 Å². The number of halogens is 1. The van der Waals surface area contributed by atoms with Crippen molar-refractivity contribution in [2.24, 2.45) is 0 Å². The molecule has 18 heavy (non-hydrogen) atoms. The van der Waals surface area contributed by atoms with Crippen molar-refractivity contribution < 1.29 is 0 Å². The zero-order chi connectivity index (χ0) is 13.0. The molecule has 0 aromatic carbocycles. The molecule has 2 rings (SSSR count). The second-order valence-corrected chi connectivity index (χ2v) is 5.86. The molecule has 1 aromatic heterocycles. The number of nitrogens with zero attached hydrogens (tertiary/aromatic N) is 3. The monoisotopic (exact) mass is 313 g/mol. The molecule has 0 N–H and O–H groups in total. The summed E-state index contributed by atoms with van der Waals surface area (Å²) in [6.07, 6.45) is 6.48. The van der Waals surface area contributed by atoms with Crippen LogP contribution in [0.5, 0.6) is 0 Å². The Kier molecular flexibility index (Phi) is 5.25. The first kappa shape index (κ1) is 14.1. The van der Waals surface area contributed by atoms with Crippen LogP contribution in [0.25, 0.3) is 0 Å². The highest BCUT2D eigenvalue weighted by molar-refractivity contribution is 9.10. The minimum Gasteiger partial charge on any atom is -0.297 e. The molecule has 1 aliphatic rings. The number of rotatable bonds is 4. The maximum absolute atomic E-state index is 4.68. The first-order valence-corrected chi connectivity index (χ1v) is 8.02. The largest absolute Gasteiger partial charge is 0.297 e. The van der Waals surface area contributed by atoms with E-state index in [1.54, 1.807) is 0 Å². The van der Waals surface area contributed by atoms with Crippen molar-refractivity contribution in [3.8, 4) is 0 Å². The molecule has 2 heterocycles. The normalized spacial score (nSPS) is 17.9. The molecule has 1 aromatic rings. The fourth-order valence-electron chi connectivity index (χ4n) is 2.67. The summed E-state index contributed by atoms with van der Waals surface area (Å²) < 4.78 is 3.39. The standard InChI is InChI=1S/C14H24BrN3/c1-3-12-14(15)13(18(4-2)16-12)11-17-9-7-5-6-8-10-17/h3-11H2,1-2H3. The van der Waals surface area contributed by atoms with Crippen LogP contribution in [-0.2, 0) is 19.5 Å². The molecule has 0 spiro atoms. The summed E-state index contributed by atoms with van der Waals surface area (Å²) in [4.78, 5) is 2.58. The molecular formula is C14H24BrN3. The van der Waals surface area contributed by atoms with Gasteiger partial charge < -0.3 is 0 Å². The predicted octanol–water partition coefficient (Wildman–Crippen LogP) is 3.60. The average molecular weight is 314 g/mol. The lowest BCUT2D eigenvalue weighted by atomic mass is 10.2. The lowest BCUT2D eigenvalue weighted by Gasteiger charge is -2.20. The van der Waals surface area contributed by atoms with Crippen LogP contribution in [0.4, 0.5) is 0 Å². The minimum atomic E-state index is 0.960. The van der Waals surface area contributed by atoms with E-state index in [2.05, 4.69) is 44.5 Å². The van der Waals surface area contributed by atoms with Crippen LogP contribution in [0, 0.1) is 0 Å². The SMILES string of the molecule is CCc1nn(CC)c(CN2CCCCCC2)c1Br. The van der Waals surface area contributed by atoms with E-state index in [0.717, 1.165) is 19.5 Å². The van der Waals surface area contributed by atoms with Gasteiger partial charge in [-0.25, -0.2) is 0 Å². The number of aromatic nitrogens is 2. The van der Waals surface area contributed by atoms with Crippen LogP contribution < -0.4 is 0 Å². The maximum Gasteiger partial charge on any atom is 0.0767 e. The fraction of sp³-hybridized carbons (Fsp3) is 0.786. The molecule has 4 heteroatoms. The Morgan fingerprint density at radius 3 is 2.33 bits per heavy atom. The Morgan fingerprint density at radius 2 is 1.78 bits per heavy atom. The third-order valence-corrected chi connectivity index (χ3v) is 4.68. The Labute approximate surface area is 119 Å². The summed E-state index contributed by atoms with van der Waals surface area (Å²) in [5, 5.41) is 4.68. The van der Waals surface area contributed by atoms with E-state index in [0.29, 0.717) is 0 Å². The van der Waals surface area contributed by atoms with Crippen LogP contribution in [0.15, 0.2) is 4.47 Å². The summed E-state index contributed by atoms with van der Waals surface area (Å²) in [5.41, 5.74) is 2.55. The van der Waals surface area contributed by atoms with Gasteiger partial charge in [-0.2, -0.15) is 5.10 Å². The third-order valence-electron chi connectivity index (χ3n) is 3.77. The second-order valence-electron chi connectivity index (χ2n) is 5.07. The molecule has 1 saturated heterocycles. The van der Waals surface area contributed by atoms with Crippen LogP contribution >= 0.6 is 15.9 Å². The van der Waals surface area contributed by atoms with Gasteiger partial charge in [-0.05, 0) is 55.2 Å². The van der Waals surface area contributed by atoms with Gasteiger partial charge in [0.05, 0.1) is 15.9 Å². The van der Waals surface area contributed by atoms with E-state index < -0.39 is 0 Å². The fourth-order valence-corrected chi connectivity index (χ4v) is 3.36. The quantitative estimate of drug-likeness (QED) is 0.846. The lowest BCUT2D eigenvalue weighted by molar-refractivity contribution is 0.267. The van der Waals surface area contributed by atoms with Gasteiger partial charge in [-0.1, -0.05) is 19.8 Å². The van der Waals surface area contributed by atoms with Gasteiger partial charge in [-0.3, -0.25) is 9.58 Å². The number of hydrogen-bond donors (Lipinski definition) is 0. The maximum atomic E-state index is 4.68. The Morgan fingerprint density at radius 1 is 1.11 bits per heavy atom. The second kappa shape index (κ2) is 6.71. The van der Waals surface area contributed by atoms with Gasteiger partial charge in [-0.15, -0.1) is 0 Å². The van der Waals surface area contributed by atoms with Crippen molar-refractivity contribution in [3.63, 3.8) is 0 Å². The van der Waals surface area contributed by atoms with Crippen molar-refractivity contribution >= 4 is 15.9 Å². The molecule has 1 fully saturated rings. The summed E-state index contributed by atoms with van der Waals surface area (Å²) >= 11 is 3.74. The smallest absolute Gasteiger partial charge is 0.0767 e. The van der Waals surface area contributed by atoms with Crippen LogP contribution in [-0.4, -0.2) is 27.8 Å².